The van der Waals surface area contributed by atoms with E-state index in [0.29, 0.717) is 19.5 Å². The Morgan fingerprint density at radius 2 is 2.09 bits per heavy atom. The van der Waals surface area contributed by atoms with Crippen LogP contribution in [-0.2, 0) is 20.7 Å². The van der Waals surface area contributed by atoms with Gasteiger partial charge in [0.1, 0.15) is 5.41 Å². The van der Waals surface area contributed by atoms with Crippen LogP contribution in [0.3, 0.4) is 0 Å². The minimum Gasteiger partial charge on any atom is -0.481 e. The minimum atomic E-state index is -0.965. The number of hydrogen-bond donors (Lipinski definition) is 1. The summed E-state index contributed by atoms with van der Waals surface area (Å²) in [7, 11) is 1.50. The molecule has 1 unspecified atom stereocenters. The molecule has 6 nitrogen and oxygen atoms in total. The number of likely N-dealkylation sites (tertiary alicyclic amines) is 1. The van der Waals surface area contributed by atoms with Crippen LogP contribution in [0, 0.1) is 5.41 Å². The monoisotopic (exact) mass is 318 g/mol. The third-order valence-corrected chi connectivity index (χ3v) is 4.89. The van der Waals surface area contributed by atoms with Gasteiger partial charge in [-0.2, -0.15) is 0 Å². The van der Waals surface area contributed by atoms with Gasteiger partial charge in [-0.3, -0.25) is 9.59 Å². The van der Waals surface area contributed by atoms with Gasteiger partial charge in [-0.15, -0.1) is 0 Å². The quantitative estimate of drug-likeness (QED) is 0.877. The molecule has 1 fully saturated rings. The summed E-state index contributed by atoms with van der Waals surface area (Å²) < 4.78 is 5.07. The number of carbonyl (C=O) groups is 2. The second-order valence-corrected chi connectivity index (χ2v) is 6.38. The molecule has 23 heavy (non-hydrogen) atoms. The van der Waals surface area contributed by atoms with Crippen LogP contribution in [0.25, 0.3) is 0 Å². The van der Waals surface area contributed by atoms with E-state index in [9.17, 15) is 14.7 Å². The molecule has 1 amide bonds. The van der Waals surface area contributed by atoms with E-state index in [2.05, 4.69) is 11.0 Å². The van der Waals surface area contributed by atoms with Crippen LogP contribution in [0.4, 0.5) is 5.69 Å². The van der Waals surface area contributed by atoms with Crippen molar-refractivity contribution in [3.8, 4) is 0 Å². The number of carbonyl (C=O) groups excluding carboxylic acids is 1. The molecule has 1 atom stereocenters. The number of amides is 1. The number of anilines is 1. The van der Waals surface area contributed by atoms with Crippen LogP contribution in [0.5, 0.6) is 0 Å². The van der Waals surface area contributed by atoms with E-state index in [1.165, 1.54) is 12.7 Å². The number of methoxy groups -OCH3 is 1. The summed E-state index contributed by atoms with van der Waals surface area (Å²) in [5.74, 6) is -0.901. The van der Waals surface area contributed by atoms with E-state index in [-0.39, 0.29) is 19.1 Å². The fraction of sp³-hybridized carbons (Fsp3) is 0.529. The summed E-state index contributed by atoms with van der Waals surface area (Å²) in [6, 6.07) is 8.11. The molecule has 124 valence electrons. The van der Waals surface area contributed by atoms with Crippen LogP contribution < -0.4 is 4.90 Å². The first-order valence-corrected chi connectivity index (χ1v) is 7.89. The summed E-state index contributed by atoms with van der Waals surface area (Å²) in [4.78, 5) is 27.9. The molecule has 0 saturated carbocycles. The van der Waals surface area contributed by atoms with E-state index in [0.717, 1.165) is 18.7 Å². The molecule has 0 aliphatic carbocycles. The van der Waals surface area contributed by atoms with Crippen LogP contribution >= 0.6 is 0 Å². The third-order valence-electron chi connectivity index (χ3n) is 4.89. The van der Waals surface area contributed by atoms with E-state index in [1.807, 2.05) is 18.2 Å². The fourth-order valence-electron chi connectivity index (χ4n) is 3.55. The number of rotatable bonds is 5. The van der Waals surface area contributed by atoms with Gasteiger partial charge in [0.15, 0.2) is 0 Å². The normalized spacial score (nSPS) is 23.2. The molecule has 0 radical (unpaired) electrons. The lowest BCUT2D eigenvalue weighted by Crippen LogP contribution is -2.43. The predicted octanol–water partition coefficient (Wildman–Crippen LogP) is 0.999. The molecule has 0 spiro atoms. The molecular formula is C17H22N2O4. The number of hydrogen-bond acceptors (Lipinski definition) is 4. The van der Waals surface area contributed by atoms with E-state index >= 15 is 0 Å². The molecular weight excluding hydrogens is 296 g/mol. The van der Waals surface area contributed by atoms with Gasteiger partial charge >= 0.3 is 5.97 Å². The Balaban J connectivity index is 1.65. The zero-order chi connectivity index (χ0) is 16.4. The van der Waals surface area contributed by atoms with E-state index < -0.39 is 11.4 Å². The largest absolute Gasteiger partial charge is 0.481 e. The van der Waals surface area contributed by atoms with Crippen LogP contribution in [0.1, 0.15) is 12.0 Å². The van der Waals surface area contributed by atoms with Gasteiger partial charge < -0.3 is 19.6 Å². The minimum absolute atomic E-state index is 0.0130. The van der Waals surface area contributed by atoms with Crippen LogP contribution in [0.2, 0.25) is 0 Å². The van der Waals surface area contributed by atoms with Gasteiger partial charge in [-0.25, -0.2) is 0 Å². The van der Waals surface area contributed by atoms with Crippen molar-refractivity contribution in [1.82, 2.24) is 4.90 Å². The second-order valence-electron chi connectivity index (χ2n) is 6.38. The first-order chi connectivity index (χ1) is 11.1. The number of aliphatic carboxylic acids is 1. The highest BCUT2D eigenvalue weighted by molar-refractivity contribution is 5.84. The van der Waals surface area contributed by atoms with Gasteiger partial charge in [-0.05, 0) is 24.5 Å². The maximum absolute atomic E-state index is 12.6. The fourth-order valence-corrected chi connectivity index (χ4v) is 3.55. The Morgan fingerprint density at radius 1 is 1.30 bits per heavy atom. The van der Waals surface area contributed by atoms with Crippen molar-refractivity contribution in [2.24, 2.45) is 5.41 Å². The summed E-state index contributed by atoms with van der Waals surface area (Å²) in [6.45, 7) is 1.98. The third kappa shape index (κ3) is 2.91. The van der Waals surface area contributed by atoms with Crippen molar-refractivity contribution < 1.29 is 19.4 Å². The van der Waals surface area contributed by atoms with E-state index in [1.54, 1.807) is 4.90 Å². The summed E-state index contributed by atoms with van der Waals surface area (Å²) in [5.41, 5.74) is 1.41. The molecule has 0 bridgehead atoms. The van der Waals surface area contributed by atoms with Crippen molar-refractivity contribution in [3.63, 3.8) is 0 Å². The summed E-state index contributed by atoms with van der Waals surface area (Å²) in [5, 5.41) is 9.48. The number of carboxylic acid groups (broad SMARTS) is 1. The Morgan fingerprint density at radius 3 is 2.83 bits per heavy atom. The number of ether oxygens (including phenoxy) is 1. The van der Waals surface area contributed by atoms with Crippen molar-refractivity contribution in [1.29, 1.82) is 0 Å². The average molecular weight is 318 g/mol. The molecule has 2 aliphatic rings. The maximum Gasteiger partial charge on any atom is 0.313 e. The predicted molar refractivity (Wildman–Crippen MR) is 85.5 cm³/mol. The standard InChI is InChI=1S/C17H22N2O4/c1-23-12-17(16(21)22)7-9-19(11-17)15(20)10-18-8-6-13-4-2-3-5-14(13)18/h2-5H,6-12H2,1H3,(H,21,22). The van der Waals surface area contributed by atoms with Gasteiger partial charge in [0.05, 0.1) is 13.2 Å². The lowest BCUT2D eigenvalue weighted by molar-refractivity contribution is -0.151. The highest BCUT2D eigenvalue weighted by Gasteiger charge is 2.46. The molecule has 3 rings (SSSR count). The van der Waals surface area contributed by atoms with Crippen molar-refractivity contribution in [3.05, 3.63) is 29.8 Å². The Kier molecular flexibility index (Phi) is 4.26. The lowest BCUT2D eigenvalue weighted by Gasteiger charge is -2.26. The topological polar surface area (TPSA) is 70.1 Å². The van der Waals surface area contributed by atoms with Crippen molar-refractivity contribution in [2.75, 3.05) is 44.8 Å². The van der Waals surface area contributed by atoms with Gasteiger partial charge in [0, 0.05) is 32.4 Å². The first-order valence-electron chi connectivity index (χ1n) is 7.89. The number of carboxylic acids is 1. The molecule has 2 heterocycles. The zero-order valence-corrected chi connectivity index (χ0v) is 13.3. The summed E-state index contributed by atoms with van der Waals surface area (Å²) in [6.07, 6.45) is 1.39. The molecule has 6 heteroatoms. The molecule has 1 saturated heterocycles. The molecule has 0 aromatic heterocycles. The average Bonchev–Trinajstić information content (AvgIpc) is 3.14. The van der Waals surface area contributed by atoms with Gasteiger partial charge in [0.2, 0.25) is 5.91 Å². The molecule has 1 N–H and O–H groups in total. The van der Waals surface area contributed by atoms with Crippen LogP contribution in [-0.4, -0.2) is 61.8 Å². The SMILES string of the molecule is COCC1(C(=O)O)CCN(C(=O)CN2CCc3ccccc32)C1. The van der Waals surface area contributed by atoms with Gasteiger partial charge in [0.25, 0.3) is 0 Å². The number of fused-ring (bicyclic) bond motifs is 1. The van der Waals surface area contributed by atoms with E-state index in [4.69, 9.17) is 4.74 Å². The number of nitrogens with zero attached hydrogens (tertiary/aromatic N) is 2. The molecule has 1 aromatic rings. The molecule has 1 aromatic carbocycles. The summed E-state index contributed by atoms with van der Waals surface area (Å²) >= 11 is 0. The second kappa shape index (κ2) is 6.20. The highest BCUT2D eigenvalue weighted by atomic mass is 16.5. The number of benzene rings is 1. The first kappa shape index (κ1) is 15.8. The zero-order valence-electron chi connectivity index (χ0n) is 13.3. The van der Waals surface area contributed by atoms with Crippen molar-refractivity contribution in [2.45, 2.75) is 12.8 Å². The molecule has 2 aliphatic heterocycles. The smallest absolute Gasteiger partial charge is 0.313 e. The van der Waals surface area contributed by atoms with Crippen LogP contribution in [0.15, 0.2) is 24.3 Å². The van der Waals surface area contributed by atoms with Gasteiger partial charge in [-0.1, -0.05) is 18.2 Å². The highest BCUT2D eigenvalue weighted by Crippen LogP contribution is 2.32. The lowest BCUT2D eigenvalue weighted by atomic mass is 9.88. The Labute approximate surface area is 135 Å². The Bertz CT molecular complexity index is 618. The maximum atomic E-state index is 12.6. The number of para-hydroxylation sites is 1. The van der Waals surface area contributed by atoms with Crippen molar-refractivity contribution >= 4 is 17.6 Å². The Hall–Kier alpha value is -2.08.